The Morgan fingerprint density at radius 1 is 1.20 bits per heavy atom. The Bertz CT molecular complexity index is 1470. The van der Waals surface area contributed by atoms with Crippen LogP contribution in [-0.4, -0.2) is 35.7 Å². The minimum absolute atomic E-state index is 0.0159. The fraction of sp³-hybridized carbons (Fsp3) is 0.267. The molecule has 1 amide bonds. The largest absolute Gasteiger partial charge is 0.494 e. The zero-order valence-electron chi connectivity index (χ0n) is 22.2. The van der Waals surface area contributed by atoms with Crippen molar-refractivity contribution in [3.05, 3.63) is 124 Å². The fourth-order valence-electron chi connectivity index (χ4n) is 4.56. The van der Waals surface area contributed by atoms with Crippen LogP contribution in [-0.2, 0) is 22.6 Å². The van der Waals surface area contributed by atoms with Gasteiger partial charge in [0.2, 0.25) is 5.90 Å². The average molecular weight is 562 g/mol. The number of benzene rings is 3. The molecule has 4 rings (SSSR count). The summed E-state index contributed by atoms with van der Waals surface area (Å²) in [5.41, 5.74) is 9.11. The minimum Gasteiger partial charge on any atom is -0.494 e. The summed E-state index contributed by atoms with van der Waals surface area (Å²) >= 11 is 0. The first kappa shape index (κ1) is 29.3. The highest BCUT2D eigenvalue weighted by Crippen LogP contribution is 2.44. The van der Waals surface area contributed by atoms with Gasteiger partial charge in [0.25, 0.3) is 5.91 Å². The number of aliphatic imine (C=N–C) groups is 1. The lowest BCUT2D eigenvalue weighted by Gasteiger charge is -2.30. The van der Waals surface area contributed by atoms with Crippen LogP contribution in [0.5, 0.6) is 5.75 Å². The Morgan fingerprint density at radius 2 is 1.98 bits per heavy atom. The molecule has 0 aromatic heterocycles. The van der Waals surface area contributed by atoms with Crippen LogP contribution in [0.15, 0.2) is 89.5 Å². The second kappa shape index (κ2) is 13.6. The first-order valence-electron chi connectivity index (χ1n) is 12.9. The maximum atomic E-state index is 14.3. The van der Waals surface area contributed by atoms with E-state index in [1.807, 2.05) is 0 Å². The number of carbonyl (C=O) groups is 1. The quantitative estimate of drug-likeness (QED) is 0.0914. The second-order valence-corrected chi connectivity index (χ2v) is 9.29. The molecule has 1 aliphatic rings. The molecule has 0 radical (unpaired) electrons. The molecular weight excluding hydrogens is 532 g/mol. The molecule has 2 N–H and O–H groups in total. The van der Waals surface area contributed by atoms with Crippen LogP contribution in [0, 0.1) is 11.6 Å². The first-order valence-corrected chi connectivity index (χ1v) is 12.9. The number of hydrogen-bond acceptors (Lipinski definition) is 6. The maximum absolute atomic E-state index is 14.3. The number of nitrogens with one attached hydrogen (secondary N) is 1. The summed E-state index contributed by atoms with van der Waals surface area (Å²) in [6.07, 6.45) is 1.13. The van der Waals surface area contributed by atoms with Crippen molar-refractivity contribution in [3.63, 3.8) is 0 Å². The van der Waals surface area contributed by atoms with E-state index in [-0.39, 0.29) is 37.6 Å². The van der Waals surface area contributed by atoms with Gasteiger partial charge < -0.3 is 19.9 Å². The summed E-state index contributed by atoms with van der Waals surface area (Å²) in [6.45, 7) is 3.93. The molecule has 3 aromatic carbocycles. The molecule has 3 aromatic rings. The summed E-state index contributed by atoms with van der Waals surface area (Å²) in [5, 5.41) is 15.4. The Hall–Kier alpha value is -4.73. The van der Waals surface area contributed by atoms with Crippen LogP contribution >= 0.6 is 0 Å². The van der Waals surface area contributed by atoms with E-state index in [0.29, 0.717) is 35.5 Å². The van der Waals surface area contributed by atoms with E-state index in [2.05, 4.69) is 21.9 Å². The summed E-state index contributed by atoms with van der Waals surface area (Å²) < 4.78 is 40.1. The van der Waals surface area contributed by atoms with Crippen LogP contribution < -0.4 is 10.1 Å². The molecule has 11 heteroatoms. The molecular formula is C30H29F2N5O4. The molecule has 0 bridgehead atoms. The van der Waals surface area contributed by atoms with Crippen LogP contribution in [0.3, 0.4) is 0 Å². The summed E-state index contributed by atoms with van der Waals surface area (Å²) in [4.78, 5) is 21.6. The lowest BCUT2D eigenvalue weighted by atomic mass is 9.82. The number of halogens is 2. The second-order valence-electron chi connectivity index (χ2n) is 9.29. The highest BCUT2D eigenvalue weighted by atomic mass is 19.1. The van der Waals surface area contributed by atoms with Gasteiger partial charge in [-0.1, -0.05) is 35.5 Å². The number of carbonyl (C=O) groups excluding carboxylic acids is 1. The molecule has 0 saturated heterocycles. The molecule has 0 unspecified atom stereocenters. The van der Waals surface area contributed by atoms with E-state index >= 15 is 0 Å². The van der Waals surface area contributed by atoms with Gasteiger partial charge in [0, 0.05) is 42.0 Å². The number of rotatable bonds is 13. The Kier molecular flexibility index (Phi) is 9.68. The number of aliphatic hydroxyl groups excluding tert-OH is 1. The third-order valence-electron chi connectivity index (χ3n) is 6.57. The van der Waals surface area contributed by atoms with Gasteiger partial charge in [-0.15, -0.1) is 6.58 Å². The summed E-state index contributed by atoms with van der Waals surface area (Å²) in [5.74, 6) is -1.10. The monoisotopic (exact) mass is 561 g/mol. The topological polar surface area (TPSA) is 129 Å². The lowest BCUT2D eigenvalue weighted by molar-refractivity contribution is -0.129. The minimum atomic E-state index is -1.57. The molecule has 0 aliphatic carbocycles. The van der Waals surface area contributed by atoms with Crippen molar-refractivity contribution in [2.45, 2.75) is 37.6 Å². The van der Waals surface area contributed by atoms with Crippen LogP contribution in [0.1, 0.15) is 41.2 Å². The van der Waals surface area contributed by atoms with Gasteiger partial charge in [0.05, 0.1) is 13.2 Å². The molecule has 1 aliphatic heterocycles. The standard InChI is InChI=1S/C30H29F2N5O4/c1-2-14-30(29(39)34-18-22-17-23(31)10-13-26(22)32)27(25-7-4-3-6-21(25)19-35-37-33)41-28(36-30)20-8-11-24(12-9-20)40-16-5-15-38/h2-4,6-13,17,27,38H,1,5,14-16,18-19H2,(H,34,39)/t27-,30-/m1/s1. The van der Waals surface area contributed by atoms with Crippen molar-refractivity contribution >= 4 is 11.8 Å². The fourth-order valence-corrected chi connectivity index (χ4v) is 4.56. The smallest absolute Gasteiger partial charge is 0.252 e. The van der Waals surface area contributed by atoms with Gasteiger partial charge >= 0.3 is 0 Å². The van der Waals surface area contributed by atoms with Crippen LogP contribution in [0.2, 0.25) is 0 Å². The average Bonchev–Trinajstić information content (AvgIpc) is 3.37. The van der Waals surface area contributed by atoms with Crippen molar-refractivity contribution in [1.29, 1.82) is 0 Å². The molecule has 0 spiro atoms. The number of hydrogen-bond donors (Lipinski definition) is 2. The molecule has 212 valence electrons. The number of nitrogens with zero attached hydrogens (tertiary/aromatic N) is 4. The number of aliphatic hydroxyl groups is 1. The van der Waals surface area contributed by atoms with Gasteiger partial charge in [0.15, 0.2) is 11.6 Å². The Labute approximate surface area is 235 Å². The van der Waals surface area contributed by atoms with Gasteiger partial charge in [-0.3, -0.25) is 4.79 Å². The third kappa shape index (κ3) is 6.71. The molecule has 2 atom stereocenters. The number of azide groups is 1. The van der Waals surface area contributed by atoms with Crippen molar-refractivity contribution < 1.29 is 28.2 Å². The first-order chi connectivity index (χ1) is 19.9. The maximum Gasteiger partial charge on any atom is 0.252 e. The van der Waals surface area contributed by atoms with E-state index in [1.54, 1.807) is 54.6 Å². The molecule has 41 heavy (non-hydrogen) atoms. The highest BCUT2D eigenvalue weighted by molar-refractivity contribution is 6.01. The molecule has 1 heterocycles. The molecule has 9 nitrogen and oxygen atoms in total. The Balaban J connectivity index is 1.73. The number of ether oxygens (including phenoxy) is 2. The van der Waals surface area contributed by atoms with Crippen molar-refractivity contribution in [3.8, 4) is 5.75 Å². The summed E-state index contributed by atoms with van der Waals surface area (Å²) in [6, 6.07) is 17.0. The molecule has 0 fully saturated rings. The van der Waals surface area contributed by atoms with Crippen molar-refractivity contribution in [1.82, 2.24) is 5.32 Å². The van der Waals surface area contributed by atoms with Crippen molar-refractivity contribution in [2.75, 3.05) is 13.2 Å². The van der Waals surface area contributed by atoms with Gasteiger partial charge in [-0.25, -0.2) is 13.8 Å². The van der Waals surface area contributed by atoms with Gasteiger partial charge in [0.1, 0.15) is 17.4 Å². The predicted molar refractivity (Wildman–Crippen MR) is 149 cm³/mol. The van der Waals surface area contributed by atoms with E-state index in [9.17, 15) is 13.6 Å². The zero-order valence-corrected chi connectivity index (χ0v) is 22.2. The van der Waals surface area contributed by atoms with Gasteiger partial charge in [-0.2, -0.15) is 0 Å². The predicted octanol–water partition coefficient (Wildman–Crippen LogP) is 5.69. The van der Waals surface area contributed by atoms with Crippen LogP contribution in [0.25, 0.3) is 10.4 Å². The third-order valence-corrected chi connectivity index (χ3v) is 6.57. The van der Waals surface area contributed by atoms with Crippen LogP contribution in [0.4, 0.5) is 8.78 Å². The van der Waals surface area contributed by atoms with E-state index < -0.39 is 29.2 Å². The van der Waals surface area contributed by atoms with E-state index in [1.165, 1.54) is 0 Å². The molecule has 0 saturated carbocycles. The summed E-state index contributed by atoms with van der Waals surface area (Å²) in [7, 11) is 0. The SMILES string of the molecule is C=CC[C@@]1(C(=O)NCc2cc(F)ccc2F)N=C(c2ccc(OCCCO)cc2)O[C@@H]1c1ccccc1CN=[N+]=[N-]. The Morgan fingerprint density at radius 3 is 2.71 bits per heavy atom. The van der Waals surface area contributed by atoms with E-state index in [4.69, 9.17) is 25.1 Å². The van der Waals surface area contributed by atoms with Crippen molar-refractivity contribution in [2.24, 2.45) is 10.1 Å². The zero-order chi connectivity index (χ0) is 29.2. The van der Waals surface area contributed by atoms with Gasteiger partial charge in [-0.05, 0) is 59.1 Å². The highest BCUT2D eigenvalue weighted by Gasteiger charge is 2.52. The number of amides is 1. The van der Waals surface area contributed by atoms with E-state index in [0.717, 1.165) is 18.2 Å². The normalized spacial score (nSPS) is 17.6. The lowest BCUT2D eigenvalue weighted by Crippen LogP contribution is -2.48.